The Morgan fingerprint density at radius 3 is 2.52 bits per heavy atom. The van der Waals surface area contributed by atoms with E-state index < -0.39 is 0 Å². The molecular formula is C23H31NO3. The van der Waals surface area contributed by atoms with Crippen LogP contribution in [0.1, 0.15) is 66.4 Å². The molecule has 0 unspecified atom stereocenters. The Morgan fingerprint density at radius 2 is 1.89 bits per heavy atom. The fraction of sp³-hybridized carbons (Fsp3) is 0.565. The molecular weight excluding hydrogens is 338 g/mol. The number of methoxy groups -OCH3 is 1. The normalized spacial score (nSPS) is 20.2. The first-order valence-electron chi connectivity index (χ1n) is 10.1. The van der Waals surface area contributed by atoms with Crippen LogP contribution in [-0.2, 0) is 4.79 Å². The molecule has 0 bridgehead atoms. The summed E-state index contributed by atoms with van der Waals surface area (Å²) in [5.74, 6) is 1.07. The molecule has 0 aromatic heterocycles. The number of hydrogen-bond donors (Lipinski definition) is 0. The highest BCUT2D eigenvalue weighted by Gasteiger charge is 2.29. The van der Waals surface area contributed by atoms with Gasteiger partial charge in [0.25, 0.3) is 0 Å². The summed E-state index contributed by atoms with van der Waals surface area (Å²) in [6.07, 6.45) is 9.09. The average Bonchev–Trinajstić information content (AvgIpc) is 2.68. The number of rotatable bonds is 5. The van der Waals surface area contributed by atoms with Gasteiger partial charge in [-0.3, -0.25) is 9.59 Å². The summed E-state index contributed by atoms with van der Waals surface area (Å²) in [6.45, 7) is 5.26. The third-order valence-electron chi connectivity index (χ3n) is 5.86. The summed E-state index contributed by atoms with van der Waals surface area (Å²) >= 11 is 0. The number of carbonyl (C=O) groups excluding carboxylic acids is 2. The second-order valence-corrected chi connectivity index (χ2v) is 7.97. The zero-order valence-electron chi connectivity index (χ0n) is 16.8. The number of amides is 1. The highest BCUT2D eigenvalue weighted by Crippen LogP contribution is 2.28. The zero-order valence-corrected chi connectivity index (χ0v) is 16.8. The molecule has 0 spiro atoms. The number of allylic oxidation sites excluding steroid dienone is 1. The lowest BCUT2D eigenvalue weighted by atomic mass is 9.88. The second kappa shape index (κ2) is 8.73. The van der Waals surface area contributed by atoms with Crippen LogP contribution in [0, 0.1) is 19.8 Å². The summed E-state index contributed by atoms with van der Waals surface area (Å²) in [7, 11) is 1.66. The molecule has 1 aromatic rings. The zero-order chi connectivity index (χ0) is 19.4. The van der Waals surface area contributed by atoms with Crippen LogP contribution in [0.2, 0.25) is 0 Å². The molecule has 146 valence electrons. The molecule has 1 amide bonds. The van der Waals surface area contributed by atoms with E-state index in [4.69, 9.17) is 4.74 Å². The van der Waals surface area contributed by atoms with Gasteiger partial charge in [-0.05, 0) is 75.6 Å². The highest BCUT2D eigenvalue weighted by molar-refractivity contribution is 5.99. The summed E-state index contributed by atoms with van der Waals surface area (Å²) in [5, 5.41) is 0. The maximum Gasteiger partial charge on any atom is 0.226 e. The summed E-state index contributed by atoms with van der Waals surface area (Å²) in [6, 6.07) is 3.84. The number of nitrogens with zero attached hydrogens (tertiary/aromatic N) is 1. The van der Waals surface area contributed by atoms with Gasteiger partial charge < -0.3 is 9.64 Å². The molecule has 1 aliphatic carbocycles. The number of ether oxygens (including phenoxy) is 1. The van der Waals surface area contributed by atoms with Crippen molar-refractivity contribution in [1.29, 1.82) is 0 Å². The Bertz CT molecular complexity index is 727. The smallest absolute Gasteiger partial charge is 0.226 e. The number of ketones is 1. The van der Waals surface area contributed by atoms with Crippen LogP contribution in [0.25, 0.3) is 0 Å². The van der Waals surface area contributed by atoms with Crippen molar-refractivity contribution in [2.24, 2.45) is 5.92 Å². The number of piperidine rings is 1. The van der Waals surface area contributed by atoms with Gasteiger partial charge in [0, 0.05) is 31.0 Å². The monoisotopic (exact) mass is 369 g/mol. The molecule has 1 aromatic carbocycles. The van der Waals surface area contributed by atoms with E-state index >= 15 is 0 Å². The summed E-state index contributed by atoms with van der Waals surface area (Å²) in [4.78, 5) is 27.7. The van der Waals surface area contributed by atoms with Crippen LogP contribution < -0.4 is 4.74 Å². The van der Waals surface area contributed by atoms with Crippen LogP contribution in [0.4, 0.5) is 0 Å². The van der Waals surface area contributed by atoms with E-state index in [1.807, 2.05) is 30.9 Å². The minimum atomic E-state index is -0.102. The van der Waals surface area contributed by atoms with Gasteiger partial charge >= 0.3 is 0 Å². The fourth-order valence-electron chi connectivity index (χ4n) is 4.44. The average molecular weight is 370 g/mol. The van der Waals surface area contributed by atoms with Crippen LogP contribution in [0.5, 0.6) is 5.75 Å². The molecule has 1 fully saturated rings. The summed E-state index contributed by atoms with van der Waals surface area (Å²) in [5.41, 5.74) is 3.98. The fourth-order valence-corrected chi connectivity index (χ4v) is 4.44. The SMILES string of the molecule is COc1c(C)cc(C(=O)[C@H]2CCCN(C(=O)CC3=CCCCC3)C2)cc1C. The Balaban J connectivity index is 1.67. The minimum Gasteiger partial charge on any atom is -0.496 e. The Labute approximate surface area is 162 Å². The van der Waals surface area contributed by atoms with Crippen molar-refractivity contribution < 1.29 is 14.3 Å². The molecule has 4 nitrogen and oxygen atoms in total. The molecule has 27 heavy (non-hydrogen) atoms. The Morgan fingerprint density at radius 1 is 1.15 bits per heavy atom. The first kappa shape index (κ1) is 19.7. The van der Waals surface area contributed by atoms with Gasteiger partial charge in [-0.2, -0.15) is 0 Å². The van der Waals surface area contributed by atoms with E-state index in [0.29, 0.717) is 13.0 Å². The van der Waals surface area contributed by atoms with E-state index in [1.165, 1.54) is 18.4 Å². The Kier molecular flexibility index (Phi) is 6.35. The summed E-state index contributed by atoms with van der Waals surface area (Å²) < 4.78 is 5.41. The van der Waals surface area contributed by atoms with Crippen molar-refractivity contribution in [3.05, 3.63) is 40.5 Å². The Hall–Kier alpha value is -2.10. The molecule has 1 atom stereocenters. The topological polar surface area (TPSA) is 46.6 Å². The van der Waals surface area contributed by atoms with Crippen LogP contribution in [0.15, 0.2) is 23.8 Å². The number of likely N-dealkylation sites (tertiary alicyclic amines) is 1. The maximum absolute atomic E-state index is 13.1. The van der Waals surface area contributed by atoms with E-state index in [-0.39, 0.29) is 17.6 Å². The van der Waals surface area contributed by atoms with E-state index in [0.717, 1.165) is 54.7 Å². The predicted molar refractivity (Wildman–Crippen MR) is 107 cm³/mol. The lowest BCUT2D eigenvalue weighted by Crippen LogP contribution is -2.42. The third-order valence-corrected chi connectivity index (χ3v) is 5.86. The third kappa shape index (κ3) is 4.60. The minimum absolute atomic E-state index is 0.102. The van der Waals surface area contributed by atoms with Crippen molar-refractivity contribution in [3.63, 3.8) is 0 Å². The van der Waals surface area contributed by atoms with Gasteiger partial charge in [-0.15, -0.1) is 0 Å². The first-order chi connectivity index (χ1) is 13.0. The molecule has 0 saturated carbocycles. The van der Waals surface area contributed by atoms with Crippen LogP contribution >= 0.6 is 0 Å². The first-order valence-corrected chi connectivity index (χ1v) is 10.1. The second-order valence-electron chi connectivity index (χ2n) is 7.97. The standard InChI is InChI=1S/C23H31NO3/c1-16-12-20(13-17(2)23(16)27-3)22(26)19-10-7-11-24(15-19)21(25)14-18-8-5-4-6-9-18/h8,12-13,19H,4-7,9-11,14-15H2,1-3H3/t19-/m0/s1. The number of aryl methyl sites for hydroxylation is 2. The van der Waals surface area contributed by atoms with Crippen molar-refractivity contribution >= 4 is 11.7 Å². The lowest BCUT2D eigenvalue weighted by molar-refractivity contribution is -0.131. The molecule has 1 heterocycles. The van der Waals surface area contributed by atoms with Crippen LogP contribution in [0.3, 0.4) is 0 Å². The molecule has 0 radical (unpaired) electrons. The molecule has 4 heteroatoms. The number of hydrogen-bond acceptors (Lipinski definition) is 3. The highest BCUT2D eigenvalue weighted by atomic mass is 16.5. The lowest BCUT2D eigenvalue weighted by Gasteiger charge is -2.32. The maximum atomic E-state index is 13.1. The van der Waals surface area contributed by atoms with Crippen LogP contribution in [-0.4, -0.2) is 36.8 Å². The van der Waals surface area contributed by atoms with Gasteiger partial charge in [0.05, 0.1) is 7.11 Å². The largest absolute Gasteiger partial charge is 0.496 e. The molecule has 2 aliphatic rings. The van der Waals surface area contributed by atoms with Crippen molar-refractivity contribution in [3.8, 4) is 5.75 Å². The number of Topliss-reactive ketones (excluding diaryl/α,β-unsaturated/α-hetero) is 1. The van der Waals surface area contributed by atoms with Gasteiger partial charge in [-0.1, -0.05) is 11.6 Å². The van der Waals surface area contributed by atoms with Gasteiger partial charge in [-0.25, -0.2) is 0 Å². The molecule has 0 N–H and O–H groups in total. The molecule has 1 saturated heterocycles. The van der Waals surface area contributed by atoms with Crippen molar-refractivity contribution in [2.45, 2.75) is 58.8 Å². The predicted octanol–water partition coefficient (Wildman–Crippen LogP) is 4.62. The van der Waals surface area contributed by atoms with Gasteiger partial charge in [0.2, 0.25) is 5.91 Å². The molecule has 1 aliphatic heterocycles. The van der Waals surface area contributed by atoms with Gasteiger partial charge in [0.15, 0.2) is 5.78 Å². The molecule has 3 rings (SSSR count). The van der Waals surface area contributed by atoms with Crippen molar-refractivity contribution in [1.82, 2.24) is 4.90 Å². The van der Waals surface area contributed by atoms with E-state index in [2.05, 4.69) is 6.08 Å². The quantitative estimate of drug-likeness (QED) is 0.562. The van der Waals surface area contributed by atoms with E-state index in [1.54, 1.807) is 7.11 Å². The number of carbonyl (C=O) groups is 2. The van der Waals surface area contributed by atoms with Crippen molar-refractivity contribution in [2.75, 3.05) is 20.2 Å². The number of benzene rings is 1. The van der Waals surface area contributed by atoms with E-state index in [9.17, 15) is 9.59 Å². The van der Waals surface area contributed by atoms with Gasteiger partial charge in [0.1, 0.15) is 5.75 Å².